The fraction of sp³-hybridized carbons (Fsp3) is 0.556. The highest BCUT2D eigenvalue weighted by Gasteiger charge is 2.33. The molecule has 0 saturated heterocycles. The van der Waals surface area contributed by atoms with Crippen molar-refractivity contribution in [3.63, 3.8) is 0 Å². The summed E-state index contributed by atoms with van der Waals surface area (Å²) in [7, 11) is 0. The van der Waals surface area contributed by atoms with Gasteiger partial charge in [-0.3, -0.25) is 9.98 Å². The lowest BCUT2D eigenvalue weighted by atomic mass is 9.82. The topological polar surface area (TPSA) is 54.0 Å². The minimum atomic E-state index is 0.0202. The highest BCUT2D eigenvalue weighted by Crippen LogP contribution is 2.34. The highest BCUT2D eigenvalue weighted by molar-refractivity contribution is 6.15. The highest BCUT2D eigenvalue weighted by atomic mass is 15.3. The molecule has 0 bridgehead atoms. The van der Waals surface area contributed by atoms with Crippen molar-refractivity contribution >= 4 is 17.2 Å². The van der Waals surface area contributed by atoms with Crippen LogP contribution in [0.2, 0.25) is 0 Å². The average molecular weight is 296 g/mol. The molecule has 4 heteroatoms. The second-order valence-electron chi connectivity index (χ2n) is 6.51. The molecule has 3 aliphatic rings. The second kappa shape index (κ2) is 5.84. The van der Waals surface area contributed by atoms with Gasteiger partial charge in [0.05, 0.1) is 12.2 Å². The summed E-state index contributed by atoms with van der Waals surface area (Å²) in [5.74, 6) is 1.66. The van der Waals surface area contributed by atoms with Gasteiger partial charge in [0.25, 0.3) is 0 Å². The predicted octanol–water partition coefficient (Wildman–Crippen LogP) is 2.62. The molecule has 2 N–H and O–H groups in total. The number of nitrogens with two attached hydrogens (primary N) is 1. The normalized spacial score (nSPS) is 25.1. The Bertz CT molecular complexity index is 613. The quantitative estimate of drug-likeness (QED) is 0.912. The van der Waals surface area contributed by atoms with Crippen molar-refractivity contribution in [2.45, 2.75) is 38.1 Å². The van der Waals surface area contributed by atoms with Gasteiger partial charge in [-0.25, -0.2) is 0 Å². The van der Waals surface area contributed by atoms with Crippen LogP contribution < -0.4 is 10.6 Å². The molecular weight excluding hydrogens is 272 g/mol. The predicted molar refractivity (Wildman–Crippen MR) is 92.0 cm³/mol. The molecule has 1 aromatic carbocycles. The van der Waals surface area contributed by atoms with E-state index in [0.29, 0.717) is 12.5 Å². The molecule has 1 fully saturated rings. The lowest BCUT2D eigenvalue weighted by Crippen LogP contribution is -2.38. The van der Waals surface area contributed by atoms with E-state index >= 15 is 0 Å². The Balaban J connectivity index is 1.83. The van der Waals surface area contributed by atoms with Crippen molar-refractivity contribution < 1.29 is 0 Å². The van der Waals surface area contributed by atoms with Crippen molar-refractivity contribution in [1.29, 1.82) is 0 Å². The van der Waals surface area contributed by atoms with Gasteiger partial charge in [-0.15, -0.1) is 0 Å². The molecule has 0 radical (unpaired) electrons. The van der Waals surface area contributed by atoms with Crippen LogP contribution in [0.1, 0.15) is 37.7 Å². The standard InChI is InChI=1S/C18H24N4/c19-12-15-18-20-10-11-22(18)16-9-5-4-8-14(16)17(21-15)13-6-2-1-3-7-13/h4-5,8-9,13,15H,1-3,6-7,10-12,19H2/t15-/m0/s1. The smallest absolute Gasteiger partial charge is 0.130 e. The summed E-state index contributed by atoms with van der Waals surface area (Å²) in [5.41, 5.74) is 9.90. The maximum atomic E-state index is 6.04. The van der Waals surface area contributed by atoms with Crippen molar-refractivity contribution in [2.24, 2.45) is 21.6 Å². The fourth-order valence-electron chi connectivity index (χ4n) is 4.07. The van der Waals surface area contributed by atoms with Crippen molar-refractivity contribution in [3.8, 4) is 0 Å². The van der Waals surface area contributed by atoms with Crippen LogP contribution in [0.3, 0.4) is 0 Å². The van der Waals surface area contributed by atoms with E-state index in [1.54, 1.807) is 0 Å². The lowest BCUT2D eigenvalue weighted by Gasteiger charge is -2.25. The van der Waals surface area contributed by atoms with Crippen molar-refractivity contribution in [3.05, 3.63) is 29.8 Å². The van der Waals surface area contributed by atoms with Gasteiger partial charge in [-0.2, -0.15) is 0 Å². The Morgan fingerprint density at radius 3 is 2.77 bits per heavy atom. The van der Waals surface area contributed by atoms with Crippen molar-refractivity contribution in [2.75, 3.05) is 24.5 Å². The van der Waals surface area contributed by atoms with Gasteiger partial charge in [0.1, 0.15) is 11.9 Å². The largest absolute Gasteiger partial charge is 0.328 e. The first-order chi connectivity index (χ1) is 10.9. The molecule has 1 aromatic rings. The summed E-state index contributed by atoms with van der Waals surface area (Å²) in [6.45, 7) is 2.35. The summed E-state index contributed by atoms with van der Waals surface area (Å²) < 4.78 is 0. The molecule has 0 spiro atoms. The molecule has 116 valence electrons. The third-order valence-electron chi connectivity index (χ3n) is 5.15. The Morgan fingerprint density at radius 1 is 1.14 bits per heavy atom. The van der Waals surface area contributed by atoms with Crippen LogP contribution in [0.25, 0.3) is 0 Å². The van der Waals surface area contributed by atoms with Crippen LogP contribution in [-0.2, 0) is 0 Å². The molecule has 2 heterocycles. The fourth-order valence-corrected chi connectivity index (χ4v) is 4.07. The number of hydrogen-bond acceptors (Lipinski definition) is 4. The Kier molecular flexibility index (Phi) is 3.70. The first-order valence-electron chi connectivity index (χ1n) is 8.57. The van der Waals surface area contributed by atoms with Crippen LogP contribution in [0.4, 0.5) is 5.69 Å². The first-order valence-corrected chi connectivity index (χ1v) is 8.57. The maximum absolute atomic E-state index is 6.04. The number of fused-ring (bicyclic) bond motifs is 3. The second-order valence-corrected chi connectivity index (χ2v) is 6.51. The zero-order valence-electron chi connectivity index (χ0n) is 13.0. The average Bonchev–Trinajstić information content (AvgIpc) is 3.02. The SMILES string of the molecule is NC[C@@H]1N=C(C2CCCCC2)c2ccccc2N2CCN=C12. The van der Waals surface area contributed by atoms with E-state index in [-0.39, 0.29) is 6.04 Å². The molecule has 0 unspecified atom stereocenters. The van der Waals surface area contributed by atoms with Gasteiger partial charge in [-0.05, 0) is 18.9 Å². The number of rotatable bonds is 2. The lowest BCUT2D eigenvalue weighted by molar-refractivity contribution is 0.439. The number of para-hydroxylation sites is 1. The van der Waals surface area contributed by atoms with Gasteiger partial charge in [0, 0.05) is 30.3 Å². The third-order valence-corrected chi connectivity index (χ3v) is 5.15. The zero-order valence-corrected chi connectivity index (χ0v) is 13.0. The van der Waals surface area contributed by atoms with Gasteiger partial charge in [-0.1, -0.05) is 37.5 Å². The first kappa shape index (κ1) is 13.9. The Labute approximate surface area is 132 Å². The molecule has 4 nitrogen and oxygen atoms in total. The van der Waals surface area contributed by atoms with Crippen molar-refractivity contribution in [1.82, 2.24) is 0 Å². The zero-order chi connectivity index (χ0) is 14.9. The van der Waals surface area contributed by atoms with E-state index < -0.39 is 0 Å². The number of aliphatic imine (C=N–C) groups is 2. The molecular formula is C18H24N4. The molecule has 22 heavy (non-hydrogen) atoms. The number of nitrogens with zero attached hydrogens (tertiary/aromatic N) is 3. The number of hydrogen-bond donors (Lipinski definition) is 1. The number of anilines is 1. The monoisotopic (exact) mass is 296 g/mol. The maximum Gasteiger partial charge on any atom is 0.130 e. The van der Waals surface area contributed by atoms with E-state index in [1.165, 1.54) is 49.1 Å². The van der Waals surface area contributed by atoms with E-state index in [4.69, 9.17) is 15.7 Å². The summed E-state index contributed by atoms with van der Waals surface area (Å²) >= 11 is 0. The summed E-state index contributed by atoms with van der Waals surface area (Å²) in [4.78, 5) is 12.2. The molecule has 1 saturated carbocycles. The van der Waals surface area contributed by atoms with Gasteiger partial charge in [0.15, 0.2) is 0 Å². The summed E-state index contributed by atoms with van der Waals surface area (Å²) in [6.07, 6.45) is 6.53. The van der Waals surface area contributed by atoms with Crippen LogP contribution in [0.15, 0.2) is 34.3 Å². The van der Waals surface area contributed by atoms with E-state index in [1.807, 2.05) is 0 Å². The van der Waals surface area contributed by atoms with Crippen LogP contribution >= 0.6 is 0 Å². The molecule has 2 aliphatic heterocycles. The van der Waals surface area contributed by atoms with Crippen LogP contribution in [0.5, 0.6) is 0 Å². The van der Waals surface area contributed by atoms with Crippen LogP contribution in [0, 0.1) is 5.92 Å². The van der Waals surface area contributed by atoms with Gasteiger partial charge >= 0.3 is 0 Å². The molecule has 1 atom stereocenters. The van der Waals surface area contributed by atoms with Gasteiger partial charge in [0.2, 0.25) is 0 Å². The number of amidine groups is 1. The Morgan fingerprint density at radius 2 is 1.95 bits per heavy atom. The summed E-state index contributed by atoms with van der Waals surface area (Å²) in [6, 6.07) is 8.72. The van der Waals surface area contributed by atoms with Gasteiger partial charge < -0.3 is 10.6 Å². The molecule has 0 aromatic heterocycles. The van der Waals surface area contributed by atoms with E-state index in [2.05, 4.69) is 29.2 Å². The minimum absolute atomic E-state index is 0.0202. The van der Waals surface area contributed by atoms with E-state index in [9.17, 15) is 0 Å². The summed E-state index contributed by atoms with van der Waals surface area (Å²) in [5, 5.41) is 0. The number of benzene rings is 1. The van der Waals surface area contributed by atoms with E-state index in [0.717, 1.165) is 18.9 Å². The molecule has 0 amide bonds. The minimum Gasteiger partial charge on any atom is -0.328 e. The molecule has 1 aliphatic carbocycles. The van der Waals surface area contributed by atoms with Crippen LogP contribution in [-0.4, -0.2) is 37.2 Å². The Hall–Kier alpha value is -1.68. The molecule has 4 rings (SSSR count). The third kappa shape index (κ3) is 2.26.